The maximum Gasteiger partial charge on any atom is 0.346 e. The highest BCUT2D eigenvalue weighted by molar-refractivity contribution is 7.99. The van der Waals surface area contributed by atoms with Crippen LogP contribution in [0.4, 0.5) is 0 Å². The summed E-state index contributed by atoms with van der Waals surface area (Å²) >= 11 is 13.9. The van der Waals surface area contributed by atoms with E-state index in [0.29, 0.717) is 26.2 Å². The van der Waals surface area contributed by atoms with Gasteiger partial charge in [-0.1, -0.05) is 35.0 Å². The van der Waals surface area contributed by atoms with Crippen molar-refractivity contribution in [2.24, 2.45) is 0 Å². The highest BCUT2D eigenvalue weighted by Crippen LogP contribution is 2.35. The van der Waals surface area contributed by atoms with Crippen molar-refractivity contribution < 1.29 is 9.90 Å². The monoisotopic (exact) mass is 334 g/mol. The molecule has 0 aliphatic rings. The molecule has 1 N–H and O–H groups in total. The molecule has 0 unspecified atom stereocenters. The van der Waals surface area contributed by atoms with Gasteiger partial charge in [0.1, 0.15) is 21.1 Å². The number of carboxylic acids is 1. The second-order valence-corrected chi connectivity index (χ2v) is 6.23. The Labute approximate surface area is 127 Å². The fourth-order valence-electron chi connectivity index (χ4n) is 1.52. The minimum Gasteiger partial charge on any atom is -0.477 e. The standard InChI is InChI=1S/C11H8Cl2N2O2S2/c1-5-7-9(18-3-6(13)2-12)14-4-15-10(7)19-8(5)11(16)17/h2,4H,3H2,1H3,(H,16,17). The van der Waals surface area contributed by atoms with E-state index < -0.39 is 5.97 Å². The largest absolute Gasteiger partial charge is 0.477 e. The van der Waals surface area contributed by atoms with Crippen LogP contribution in [-0.4, -0.2) is 26.8 Å². The minimum absolute atomic E-state index is 0.288. The van der Waals surface area contributed by atoms with Crippen molar-refractivity contribution in [2.75, 3.05) is 5.75 Å². The zero-order valence-corrected chi connectivity index (χ0v) is 12.8. The number of aryl methyl sites for hydroxylation is 1. The molecule has 0 fully saturated rings. The molecule has 0 saturated heterocycles. The Bertz CT molecular complexity index is 670. The first-order chi connectivity index (χ1) is 9.04. The average Bonchev–Trinajstić information content (AvgIpc) is 2.74. The predicted octanol–water partition coefficient (Wildman–Crippen LogP) is 4.11. The predicted molar refractivity (Wildman–Crippen MR) is 79.6 cm³/mol. The van der Waals surface area contributed by atoms with E-state index in [4.69, 9.17) is 28.3 Å². The summed E-state index contributed by atoms with van der Waals surface area (Å²) < 4.78 is 0. The Morgan fingerprint density at radius 2 is 2.32 bits per heavy atom. The van der Waals surface area contributed by atoms with Crippen LogP contribution in [0.1, 0.15) is 15.2 Å². The summed E-state index contributed by atoms with van der Waals surface area (Å²) in [6.45, 7) is 1.76. The molecule has 0 spiro atoms. The molecule has 0 aromatic carbocycles. The summed E-state index contributed by atoms with van der Waals surface area (Å²) in [5.41, 5.74) is 1.98. The van der Waals surface area contributed by atoms with Crippen molar-refractivity contribution in [1.29, 1.82) is 0 Å². The van der Waals surface area contributed by atoms with Crippen molar-refractivity contribution >= 4 is 62.5 Å². The lowest BCUT2D eigenvalue weighted by molar-refractivity contribution is 0.0701. The summed E-state index contributed by atoms with van der Waals surface area (Å²) in [4.78, 5) is 20.4. The van der Waals surface area contributed by atoms with Crippen molar-refractivity contribution in [2.45, 2.75) is 11.9 Å². The molecule has 0 radical (unpaired) electrons. The number of aromatic carboxylic acids is 1. The first-order valence-electron chi connectivity index (χ1n) is 5.09. The maximum absolute atomic E-state index is 11.1. The SMILES string of the molecule is Cc1c(C(=O)O)sc2ncnc(SCC(Cl)=CCl)c12. The Morgan fingerprint density at radius 1 is 1.58 bits per heavy atom. The Balaban J connectivity index is 2.47. The molecule has 100 valence electrons. The molecular weight excluding hydrogens is 327 g/mol. The van der Waals surface area contributed by atoms with Crippen LogP contribution in [0.2, 0.25) is 0 Å². The third kappa shape index (κ3) is 3.02. The van der Waals surface area contributed by atoms with Gasteiger partial charge < -0.3 is 5.11 Å². The molecule has 2 heterocycles. The molecule has 0 bridgehead atoms. The highest BCUT2D eigenvalue weighted by Gasteiger charge is 2.18. The number of fused-ring (bicyclic) bond motifs is 1. The van der Waals surface area contributed by atoms with Crippen LogP contribution in [0.15, 0.2) is 21.9 Å². The molecule has 0 amide bonds. The van der Waals surface area contributed by atoms with E-state index in [1.54, 1.807) is 6.92 Å². The van der Waals surface area contributed by atoms with Gasteiger partial charge in [-0.3, -0.25) is 0 Å². The molecule has 19 heavy (non-hydrogen) atoms. The van der Waals surface area contributed by atoms with Gasteiger partial charge in [-0.05, 0) is 12.5 Å². The third-order valence-electron chi connectivity index (χ3n) is 2.35. The molecule has 0 aliphatic heterocycles. The Hall–Kier alpha value is -0.820. The lowest BCUT2D eigenvalue weighted by Crippen LogP contribution is -1.94. The Kier molecular flexibility index (Phi) is 4.67. The van der Waals surface area contributed by atoms with Crippen LogP contribution in [0.5, 0.6) is 0 Å². The van der Waals surface area contributed by atoms with Crippen LogP contribution < -0.4 is 0 Å². The highest BCUT2D eigenvalue weighted by atomic mass is 35.5. The topological polar surface area (TPSA) is 63.1 Å². The molecule has 2 aromatic heterocycles. The molecule has 8 heteroatoms. The lowest BCUT2D eigenvalue weighted by Gasteiger charge is -2.02. The maximum atomic E-state index is 11.1. The molecule has 0 atom stereocenters. The second kappa shape index (κ2) is 6.09. The zero-order valence-electron chi connectivity index (χ0n) is 9.68. The number of thioether (sulfide) groups is 1. The summed E-state index contributed by atoms with van der Waals surface area (Å²) in [7, 11) is 0. The first kappa shape index (κ1) is 14.6. The van der Waals surface area contributed by atoms with Gasteiger partial charge in [-0.15, -0.1) is 11.3 Å². The second-order valence-electron chi connectivity index (χ2n) is 3.56. The smallest absolute Gasteiger partial charge is 0.346 e. The van der Waals surface area contributed by atoms with Crippen LogP contribution in [0.25, 0.3) is 10.2 Å². The summed E-state index contributed by atoms with van der Waals surface area (Å²) in [5, 5.41) is 11.1. The van der Waals surface area contributed by atoms with Crippen molar-refractivity contribution in [3.05, 3.63) is 27.3 Å². The number of aromatic nitrogens is 2. The van der Waals surface area contributed by atoms with E-state index in [-0.39, 0.29) is 4.88 Å². The number of rotatable bonds is 4. The summed E-state index contributed by atoms with van der Waals surface area (Å²) in [6.07, 6.45) is 1.42. The summed E-state index contributed by atoms with van der Waals surface area (Å²) in [5.74, 6) is -0.468. The van der Waals surface area contributed by atoms with Crippen molar-refractivity contribution in [3.8, 4) is 0 Å². The van der Waals surface area contributed by atoms with E-state index in [1.165, 1.54) is 23.6 Å². The molecule has 2 rings (SSSR count). The Morgan fingerprint density at radius 3 is 2.95 bits per heavy atom. The van der Waals surface area contributed by atoms with E-state index >= 15 is 0 Å². The number of thiophene rings is 1. The number of halogens is 2. The molecule has 4 nitrogen and oxygen atoms in total. The molecule has 2 aromatic rings. The van der Waals surface area contributed by atoms with Crippen LogP contribution in [0, 0.1) is 6.92 Å². The van der Waals surface area contributed by atoms with Crippen LogP contribution in [-0.2, 0) is 0 Å². The third-order valence-corrected chi connectivity index (χ3v) is 5.35. The number of carbonyl (C=O) groups is 1. The van der Waals surface area contributed by atoms with Crippen LogP contribution >= 0.6 is 46.3 Å². The quantitative estimate of drug-likeness (QED) is 0.673. The summed E-state index contributed by atoms with van der Waals surface area (Å²) in [6, 6.07) is 0. The van der Waals surface area contributed by atoms with Gasteiger partial charge in [0.25, 0.3) is 0 Å². The van der Waals surface area contributed by atoms with E-state index in [2.05, 4.69) is 9.97 Å². The van der Waals surface area contributed by atoms with Gasteiger partial charge in [-0.25, -0.2) is 14.8 Å². The van der Waals surface area contributed by atoms with Gasteiger partial charge in [0.05, 0.1) is 0 Å². The number of nitrogens with zero attached hydrogens (tertiary/aromatic N) is 2. The number of hydrogen-bond acceptors (Lipinski definition) is 5. The minimum atomic E-state index is -0.949. The van der Waals surface area contributed by atoms with E-state index in [9.17, 15) is 4.79 Å². The van der Waals surface area contributed by atoms with Crippen molar-refractivity contribution in [1.82, 2.24) is 9.97 Å². The fourth-order valence-corrected chi connectivity index (χ4v) is 3.78. The normalized spacial score (nSPS) is 12.1. The molecule has 0 aliphatic carbocycles. The molecular formula is C11H8Cl2N2O2S2. The van der Waals surface area contributed by atoms with Gasteiger partial charge in [0.2, 0.25) is 0 Å². The van der Waals surface area contributed by atoms with Gasteiger partial charge >= 0.3 is 5.97 Å². The van der Waals surface area contributed by atoms with Crippen molar-refractivity contribution in [3.63, 3.8) is 0 Å². The van der Waals surface area contributed by atoms with E-state index in [1.807, 2.05) is 0 Å². The number of hydrogen-bond donors (Lipinski definition) is 1. The van der Waals surface area contributed by atoms with Crippen LogP contribution in [0.3, 0.4) is 0 Å². The van der Waals surface area contributed by atoms with Gasteiger partial charge in [0.15, 0.2) is 0 Å². The molecule has 0 saturated carbocycles. The first-order valence-corrected chi connectivity index (χ1v) is 7.71. The average molecular weight is 335 g/mol. The van der Waals surface area contributed by atoms with Gasteiger partial charge in [0, 0.05) is 21.7 Å². The van der Waals surface area contributed by atoms with E-state index in [0.717, 1.165) is 16.7 Å². The lowest BCUT2D eigenvalue weighted by atomic mass is 10.2. The fraction of sp³-hybridized carbons (Fsp3) is 0.182. The zero-order chi connectivity index (χ0) is 14.0. The van der Waals surface area contributed by atoms with Gasteiger partial charge in [-0.2, -0.15) is 0 Å². The number of carboxylic acid groups (broad SMARTS) is 1.